The lowest BCUT2D eigenvalue weighted by Crippen LogP contribution is -2.22. The van der Waals surface area contributed by atoms with Crippen molar-refractivity contribution in [3.63, 3.8) is 0 Å². The standard InChI is InChI=1S/C14H23N3/c1-2-13-11-5-3-4-6-14-15-10-16-17(14)9-12(13)8-7-11/h10-13H,2-9H2,1H3. The van der Waals surface area contributed by atoms with Crippen LogP contribution in [-0.2, 0) is 13.0 Å². The summed E-state index contributed by atoms with van der Waals surface area (Å²) in [5, 5.41) is 4.42. The highest BCUT2D eigenvalue weighted by Gasteiger charge is 2.35. The number of aromatic nitrogens is 3. The Morgan fingerprint density at radius 3 is 3.00 bits per heavy atom. The minimum atomic E-state index is 0.851. The Morgan fingerprint density at radius 1 is 1.24 bits per heavy atom. The average molecular weight is 233 g/mol. The van der Waals surface area contributed by atoms with Crippen molar-refractivity contribution in [3.8, 4) is 0 Å². The molecule has 0 radical (unpaired) electrons. The zero-order valence-electron chi connectivity index (χ0n) is 10.8. The Hall–Kier alpha value is -0.860. The lowest BCUT2D eigenvalue weighted by Gasteiger charge is -2.25. The number of hydrogen-bond donors (Lipinski definition) is 0. The maximum Gasteiger partial charge on any atom is 0.138 e. The molecule has 1 aromatic heterocycles. The zero-order valence-corrected chi connectivity index (χ0v) is 10.8. The fourth-order valence-corrected chi connectivity index (χ4v) is 4.04. The molecule has 1 aliphatic carbocycles. The highest BCUT2D eigenvalue weighted by atomic mass is 15.3. The molecular formula is C14H23N3. The smallest absolute Gasteiger partial charge is 0.138 e. The van der Waals surface area contributed by atoms with E-state index in [0.29, 0.717) is 0 Å². The SMILES string of the molecule is CCC1C2CCCCc3ncnn3CC1CC2. The number of rotatable bonds is 1. The van der Waals surface area contributed by atoms with E-state index in [0.717, 1.165) is 30.7 Å². The van der Waals surface area contributed by atoms with Gasteiger partial charge < -0.3 is 0 Å². The Morgan fingerprint density at radius 2 is 2.12 bits per heavy atom. The molecule has 1 aliphatic heterocycles. The monoisotopic (exact) mass is 233 g/mol. The fraction of sp³-hybridized carbons (Fsp3) is 0.857. The average Bonchev–Trinajstić information content (AvgIpc) is 2.92. The first-order chi connectivity index (χ1) is 8.38. The first-order valence-corrected chi connectivity index (χ1v) is 7.25. The van der Waals surface area contributed by atoms with Gasteiger partial charge in [-0.25, -0.2) is 9.67 Å². The van der Waals surface area contributed by atoms with Crippen molar-refractivity contribution >= 4 is 0 Å². The molecule has 2 bridgehead atoms. The van der Waals surface area contributed by atoms with Crippen LogP contribution in [0.4, 0.5) is 0 Å². The summed E-state index contributed by atoms with van der Waals surface area (Å²) in [6, 6.07) is 0. The first-order valence-electron chi connectivity index (χ1n) is 7.25. The second-order valence-electron chi connectivity index (χ2n) is 5.77. The van der Waals surface area contributed by atoms with E-state index in [-0.39, 0.29) is 0 Å². The van der Waals surface area contributed by atoms with Crippen LogP contribution in [0.15, 0.2) is 6.33 Å². The number of hydrogen-bond acceptors (Lipinski definition) is 2. The molecule has 1 saturated carbocycles. The van der Waals surface area contributed by atoms with E-state index >= 15 is 0 Å². The lowest BCUT2D eigenvalue weighted by atomic mass is 9.84. The van der Waals surface area contributed by atoms with Crippen LogP contribution in [-0.4, -0.2) is 14.8 Å². The predicted octanol–water partition coefficient (Wildman–Crippen LogP) is 3.06. The van der Waals surface area contributed by atoms with Gasteiger partial charge in [-0.15, -0.1) is 0 Å². The highest BCUT2D eigenvalue weighted by Crippen LogP contribution is 2.43. The van der Waals surface area contributed by atoms with E-state index in [2.05, 4.69) is 21.7 Å². The Bertz CT molecular complexity index is 371. The van der Waals surface area contributed by atoms with Crippen molar-refractivity contribution in [1.29, 1.82) is 0 Å². The number of fused-ring (bicyclic) bond motifs is 3. The van der Waals surface area contributed by atoms with Crippen LogP contribution in [0, 0.1) is 17.8 Å². The molecule has 1 aromatic rings. The second-order valence-corrected chi connectivity index (χ2v) is 5.77. The molecule has 3 rings (SSSR count). The molecule has 2 heterocycles. The molecule has 3 unspecified atom stereocenters. The van der Waals surface area contributed by atoms with Crippen LogP contribution in [0.1, 0.15) is 51.3 Å². The fourth-order valence-electron chi connectivity index (χ4n) is 4.04. The van der Waals surface area contributed by atoms with E-state index in [9.17, 15) is 0 Å². The van der Waals surface area contributed by atoms with Gasteiger partial charge in [0.05, 0.1) is 0 Å². The summed E-state index contributed by atoms with van der Waals surface area (Å²) in [5.41, 5.74) is 0. The third kappa shape index (κ3) is 2.12. The molecule has 17 heavy (non-hydrogen) atoms. The molecule has 0 spiro atoms. The van der Waals surface area contributed by atoms with E-state index in [1.165, 1.54) is 44.3 Å². The highest BCUT2D eigenvalue weighted by molar-refractivity contribution is 4.90. The minimum Gasteiger partial charge on any atom is -0.250 e. The van der Waals surface area contributed by atoms with Crippen molar-refractivity contribution in [1.82, 2.24) is 14.8 Å². The minimum absolute atomic E-state index is 0.851. The van der Waals surface area contributed by atoms with Crippen molar-refractivity contribution < 1.29 is 0 Å². The Balaban J connectivity index is 1.85. The largest absolute Gasteiger partial charge is 0.250 e. The molecule has 0 amide bonds. The summed E-state index contributed by atoms with van der Waals surface area (Å²) in [5.74, 6) is 3.99. The van der Waals surface area contributed by atoms with Gasteiger partial charge >= 0.3 is 0 Å². The third-order valence-electron chi connectivity index (χ3n) is 4.92. The summed E-state index contributed by atoms with van der Waals surface area (Å²) < 4.78 is 2.18. The molecule has 3 atom stereocenters. The van der Waals surface area contributed by atoms with Gasteiger partial charge in [0.2, 0.25) is 0 Å². The molecule has 0 aromatic carbocycles. The normalized spacial score (nSPS) is 33.4. The summed E-state index contributed by atoms with van der Waals surface area (Å²) >= 11 is 0. The van der Waals surface area contributed by atoms with Crippen molar-refractivity contribution in [3.05, 3.63) is 12.2 Å². The van der Waals surface area contributed by atoms with Gasteiger partial charge in [-0.2, -0.15) is 5.10 Å². The van der Waals surface area contributed by atoms with Crippen LogP contribution in [0.2, 0.25) is 0 Å². The quantitative estimate of drug-likeness (QED) is 0.746. The second kappa shape index (κ2) is 4.79. The van der Waals surface area contributed by atoms with Crippen LogP contribution >= 0.6 is 0 Å². The van der Waals surface area contributed by atoms with Gasteiger partial charge in [0.25, 0.3) is 0 Å². The van der Waals surface area contributed by atoms with Crippen molar-refractivity contribution in [2.24, 2.45) is 17.8 Å². The summed E-state index contributed by atoms with van der Waals surface area (Å²) in [7, 11) is 0. The van der Waals surface area contributed by atoms with Crippen LogP contribution in [0.3, 0.4) is 0 Å². The maximum atomic E-state index is 4.42. The number of nitrogens with zero attached hydrogens (tertiary/aromatic N) is 3. The molecule has 3 nitrogen and oxygen atoms in total. The molecule has 0 N–H and O–H groups in total. The van der Waals surface area contributed by atoms with Gasteiger partial charge in [-0.1, -0.05) is 26.2 Å². The van der Waals surface area contributed by atoms with Crippen molar-refractivity contribution in [2.45, 2.75) is 58.4 Å². The molecule has 0 saturated heterocycles. The van der Waals surface area contributed by atoms with E-state index in [1.807, 2.05) is 0 Å². The van der Waals surface area contributed by atoms with E-state index < -0.39 is 0 Å². The molecular weight excluding hydrogens is 210 g/mol. The van der Waals surface area contributed by atoms with Gasteiger partial charge in [0.15, 0.2) is 0 Å². The van der Waals surface area contributed by atoms with Gasteiger partial charge in [-0.05, 0) is 37.0 Å². The van der Waals surface area contributed by atoms with Gasteiger partial charge in [0.1, 0.15) is 12.2 Å². The molecule has 1 fully saturated rings. The third-order valence-corrected chi connectivity index (χ3v) is 4.92. The summed E-state index contributed by atoms with van der Waals surface area (Å²) in [6.45, 7) is 3.48. The Labute approximate surface area is 104 Å². The van der Waals surface area contributed by atoms with Gasteiger partial charge in [-0.3, -0.25) is 0 Å². The Kier molecular flexibility index (Phi) is 3.17. The number of aryl methyl sites for hydroxylation is 1. The maximum absolute atomic E-state index is 4.42. The van der Waals surface area contributed by atoms with Crippen LogP contribution < -0.4 is 0 Å². The van der Waals surface area contributed by atoms with Crippen LogP contribution in [0.25, 0.3) is 0 Å². The molecule has 3 heteroatoms. The molecule has 2 aliphatic rings. The van der Waals surface area contributed by atoms with E-state index in [1.54, 1.807) is 6.33 Å². The molecule has 94 valence electrons. The van der Waals surface area contributed by atoms with Crippen LogP contribution in [0.5, 0.6) is 0 Å². The lowest BCUT2D eigenvalue weighted by molar-refractivity contribution is 0.247. The predicted molar refractivity (Wildman–Crippen MR) is 67.6 cm³/mol. The van der Waals surface area contributed by atoms with Gasteiger partial charge in [0, 0.05) is 13.0 Å². The summed E-state index contributed by atoms with van der Waals surface area (Å²) in [4.78, 5) is 4.42. The topological polar surface area (TPSA) is 30.7 Å². The van der Waals surface area contributed by atoms with Crippen molar-refractivity contribution in [2.75, 3.05) is 0 Å². The summed E-state index contributed by atoms with van der Waals surface area (Å²) in [6.07, 6.45) is 11.2. The zero-order chi connectivity index (χ0) is 11.7. The van der Waals surface area contributed by atoms with E-state index in [4.69, 9.17) is 0 Å². The first kappa shape index (κ1) is 11.2.